The number of ether oxygens (including phenoxy) is 1. The Morgan fingerprint density at radius 2 is 1.88 bits per heavy atom. The smallest absolute Gasteiger partial charge is 0.136 e. The van der Waals surface area contributed by atoms with E-state index in [0.717, 1.165) is 73.1 Å². The molecular formula is C18H24ClN5O. The molecule has 1 saturated heterocycles. The van der Waals surface area contributed by atoms with Gasteiger partial charge in [-0.1, -0.05) is 17.7 Å². The van der Waals surface area contributed by atoms with Crippen LogP contribution >= 0.6 is 11.6 Å². The van der Waals surface area contributed by atoms with E-state index >= 15 is 0 Å². The zero-order chi connectivity index (χ0) is 17.6. The van der Waals surface area contributed by atoms with Gasteiger partial charge in [0, 0.05) is 43.0 Å². The van der Waals surface area contributed by atoms with Crippen LogP contribution in [0.5, 0.6) is 0 Å². The van der Waals surface area contributed by atoms with Crippen LogP contribution < -0.4 is 10.6 Å². The van der Waals surface area contributed by atoms with E-state index in [1.807, 2.05) is 38.1 Å². The number of benzene rings is 1. The van der Waals surface area contributed by atoms with Crippen molar-refractivity contribution in [3.05, 3.63) is 40.7 Å². The van der Waals surface area contributed by atoms with E-state index in [1.54, 1.807) is 0 Å². The molecule has 6 nitrogen and oxygen atoms in total. The van der Waals surface area contributed by atoms with Gasteiger partial charge in [0.2, 0.25) is 0 Å². The Bertz CT molecular complexity index is 719. The van der Waals surface area contributed by atoms with Crippen molar-refractivity contribution >= 4 is 28.9 Å². The molecule has 2 heterocycles. The molecule has 2 N–H and O–H groups in total. The molecule has 0 aliphatic carbocycles. The lowest BCUT2D eigenvalue weighted by atomic mass is 10.2. The topological polar surface area (TPSA) is 62.3 Å². The van der Waals surface area contributed by atoms with Gasteiger partial charge in [-0.25, -0.2) is 9.97 Å². The van der Waals surface area contributed by atoms with E-state index in [1.165, 1.54) is 0 Å². The van der Waals surface area contributed by atoms with Gasteiger partial charge in [-0.15, -0.1) is 0 Å². The lowest BCUT2D eigenvalue weighted by molar-refractivity contribution is 0.0398. The quantitative estimate of drug-likeness (QED) is 0.823. The molecule has 0 bridgehead atoms. The number of nitrogens with zero attached hydrogens (tertiary/aromatic N) is 3. The highest BCUT2D eigenvalue weighted by Gasteiger charge is 2.10. The summed E-state index contributed by atoms with van der Waals surface area (Å²) in [6.07, 6.45) is 0. The maximum atomic E-state index is 6.19. The molecule has 1 fully saturated rings. The van der Waals surface area contributed by atoms with Crippen LogP contribution in [0.1, 0.15) is 11.4 Å². The standard InChI is InChI=1S/C18H24ClN5O/c1-13-3-4-15(11-16(13)19)23-18-12-17(21-14(2)22-18)20-5-6-24-7-9-25-10-8-24/h3-4,11-12H,5-10H2,1-2H3,(H2,20,21,22,23). The molecule has 7 heteroatoms. The van der Waals surface area contributed by atoms with Crippen molar-refractivity contribution in [2.24, 2.45) is 0 Å². The molecular weight excluding hydrogens is 338 g/mol. The fourth-order valence-corrected chi connectivity index (χ4v) is 2.89. The van der Waals surface area contributed by atoms with Gasteiger partial charge in [0.25, 0.3) is 0 Å². The first-order valence-corrected chi connectivity index (χ1v) is 8.91. The summed E-state index contributed by atoms with van der Waals surface area (Å²) in [4.78, 5) is 11.3. The second-order valence-corrected chi connectivity index (χ2v) is 6.56. The Balaban J connectivity index is 1.60. The van der Waals surface area contributed by atoms with Crippen molar-refractivity contribution in [2.75, 3.05) is 50.0 Å². The van der Waals surface area contributed by atoms with Crippen molar-refractivity contribution in [3.63, 3.8) is 0 Å². The highest BCUT2D eigenvalue weighted by atomic mass is 35.5. The number of aryl methyl sites for hydroxylation is 2. The molecule has 1 aromatic carbocycles. The minimum Gasteiger partial charge on any atom is -0.379 e. The lowest BCUT2D eigenvalue weighted by Gasteiger charge is -2.26. The first-order chi connectivity index (χ1) is 12.1. The normalized spacial score (nSPS) is 15.2. The Hall–Kier alpha value is -1.89. The number of anilines is 3. The van der Waals surface area contributed by atoms with Gasteiger partial charge in [0.1, 0.15) is 17.5 Å². The number of halogens is 1. The summed E-state index contributed by atoms with van der Waals surface area (Å²) in [6, 6.07) is 7.80. The summed E-state index contributed by atoms with van der Waals surface area (Å²) in [5, 5.41) is 7.41. The van der Waals surface area contributed by atoms with E-state index in [0.29, 0.717) is 0 Å². The van der Waals surface area contributed by atoms with E-state index in [2.05, 4.69) is 25.5 Å². The molecule has 1 aromatic heterocycles. The highest BCUT2D eigenvalue weighted by molar-refractivity contribution is 6.31. The first kappa shape index (κ1) is 17.9. The third kappa shape index (κ3) is 5.29. The van der Waals surface area contributed by atoms with Crippen LogP contribution in [0.15, 0.2) is 24.3 Å². The zero-order valence-corrected chi connectivity index (χ0v) is 15.4. The third-order valence-electron chi connectivity index (χ3n) is 4.12. The van der Waals surface area contributed by atoms with E-state index in [4.69, 9.17) is 16.3 Å². The Morgan fingerprint density at radius 3 is 2.64 bits per heavy atom. The molecule has 0 saturated carbocycles. The highest BCUT2D eigenvalue weighted by Crippen LogP contribution is 2.23. The van der Waals surface area contributed by atoms with Crippen LogP contribution in [-0.4, -0.2) is 54.3 Å². The second kappa shape index (κ2) is 8.47. The predicted molar refractivity (Wildman–Crippen MR) is 102 cm³/mol. The van der Waals surface area contributed by atoms with Crippen LogP contribution in [0.25, 0.3) is 0 Å². The molecule has 1 aliphatic heterocycles. The number of hydrogen-bond acceptors (Lipinski definition) is 6. The van der Waals surface area contributed by atoms with Crippen LogP contribution in [-0.2, 0) is 4.74 Å². The van der Waals surface area contributed by atoms with Gasteiger partial charge in [0.05, 0.1) is 13.2 Å². The maximum absolute atomic E-state index is 6.19. The maximum Gasteiger partial charge on any atom is 0.136 e. The predicted octanol–water partition coefficient (Wildman–Crippen LogP) is 3.23. The van der Waals surface area contributed by atoms with Crippen LogP contribution in [0.3, 0.4) is 0 Å². The summed E-state index contributed by atoms with van der Waals surface area (Å²) >= 11 is 6.19. The Labute approximate surface area is 153 Å². The fraction of sp³-hybridized carbons (Fsp3) is 0.444. The van der Waals surface area contributed by atoms with Gasteiger partial charge >= 0.3 is 0 Å². The van der Waals surface area contributed by atoms with Gasteiger partial charge in [-0.3, -0.25) is 4.90 Å². The SMILES string of the molecule is Cc1nc(NCCN2CCOCC2)cc(Nc2ccc(C)c(Cl)c2)n1. The molecule has 0 spiro atoms. The summed E-state index contributed by atoms with van der Waals surface area (Å²) in [5.41, 5.74) is 1.96. The zero-order valence-electron chi connectivity index (χ0n) is 14.7. The largest absolute Gasteiger partial charge is 0.379 e. The molecule has 3 rings (SSSR count). The van der Waals surface area contributed by atoms with Gasteiger partial charge < -0.3 is 15.4 Å². The number of hydrogen-bond donors (Lipinski definition) is 2. The third-order valence-corrected chi connectivity index (χ3v) is 4.53. The van der Waals surface area contributed by atoms with Gasteiger partial charge in [-0.2, -0.15) is 0 Å². The molecule has 0 radical (unpaired) electrons. The van der Waals surface area contributed by atoms with Crippen molar-refractivity contribution < 1.29 is 4.74 Å². The van der Waals surface area contributed by atoms with E-state index in [-0.39, 0.29) is 0 Å². The monoisotopic (exact) mass is 361 g/mol. The number of morpholine rings is 1. The second-order valence-electron chi connectivity index (χ2n) is 6.16. The van der Waals surface area contributed by atoms with E-state index in [9.17, 15) is 0 Å². The Morgan fingerprint density at radius 1 is 1.12 bits per heavy atom. The molecule has 2 aromatic rings. The van der Waals surface area contributed by atoms with Crippen molar-refractivity contribution in [3.8, 4) is 0 Å². The average molecular weight is 362 g/mol. The average Bonchev–Trinajstić information content (AvgIpc) is 2.59. The van der Waals surface area contributed by atoms with E-state index < -0.39 is 0 Å². The Kier molecular flexibility index (Phi) is 6.07. The van der Waals surface area contributed by atoms with Crippen molar-refractivity contribution in [2.45, 2.75) is 13.8 Å². The lowest BCUT2D eigenvalue weighted by Crippen LogP contribution is -2.39. The summed E-state index contributed by atoms with van der Waals surface area (Å²) < 4.78 is 5.37. The van der Waals surface area contributed by atoms with Crippen molar-refractivity contribution in [1.29, 1.82) is 0 Å². The minimum absolute atomic E-state index is 0.720. The first-order valence-electron chi connectivity index (χ1n) is 8.53. The molecule has 0 amide bonds. The van der Waals surface area contributed by atoms with Crippen molar-refractivity contribution in [1.82, 2.24) is 14.9 Å². The fourth-order valence-electron chi connectivity index (χ4n) is 2.71. The van der Waals surface area contributed by atoms with Crippen LogP contribution in [0, 0.1) is 13.8 Å². The summed E-state index contributed by atoms with van der Waals surface area (Å²) in [7, 11) is 0. The minimum atomic E-state index is 0.720. The summed E-state index contributed by atoms with van der Waals surface area (Å²) in [5.74, 6) is 2.29. The molecule has 134 valence electrons. The number of rotatable bonds is 6. The van der Waals surface area contributed by atoms with Crippen LogP contribution in [0.2, 0.25) is 5.02 Å². The number of nitrogens with one attached hydrogen (secondary N) is 2. The van der Waals surface area contributed by atoms with Gasteiger partial charge in [0.15, 0.2) is 0 Å². The molecule has 1 aliphatic rings. The molecule has 0 unspecified atom stereocenters. The summed E-state index contributed by atoms with van der Waals surface area (Å²) in [6.45, 7) is 9.31. The van der Waals surface area contributed by atoms with Crippen LogP contribution in [0.4, 0.5) is 17.3 Å². The molecule has 0 atom stereocenters. The number of aromatic nitrogens is 2. The van der Waals surface area contributed by atoms with Gasteiger partial charge in [-0.05, 0) is 31.5 Å². The molecule has 25 heavy (non-hydrogen) atoms.